The molecule has 2 aromatic carbocycles. The molecule has 3 aromatic rings. The summed E-state index contributed by atoms with van der Waals surface area (Å²) in [7, 11) is 1.60. The number of methoxy groups -OCH3 is 1. The van der Waals surface area contributed by atoms with Gasteiger partial charge in [0.25, 0.3) is 5.91 Å². The Kier molecular flexibility index (Phi) is 6.06. The van der Waals surface area contributed by atoms with Crippen molar-refractivity contribution in [3.63, 3.8) is 0 Å². The van der Waals surface area contributed by atoms with Crippen molar-refractivity contribution in [2.24, 2.45) is 5.10 Å². The fourth-order valence-electron chi connectivity index (χ4n) is 2.72. The number of aromatic nitrogens is 2. The monoisotopic (exact) mass is 378 g/mol. The summed E-state index contributed by atoms with van der Waals surface area (Å²) < 4.78 is 10.6. The lowest BCUT2D eigenvalue weighted by molar-refractivity contribution is 0.0949. The molecule has 7 nitrogen and oxygen atoms in total. The zero-order chi connectivity index (χ0) is 19.9. The number of carbonyl (C=O) groups is 1. The molecule has 0 aliphatic heterocycles. The number of rotatable bonds is 7. The molecule has 0 saturated heterocycles. The van der Waals surface area contributed by atoms with Crippen LogP contribution in [0, 0.1) is 6.92 Å². The maximum atomic E-state index is 12.4. The number of H-pyrrole nitrogens is 1. The molecule has 0 atom stereocenters. The smallest absolute Gasteiger partial charge is 0.289 e. The van der Waals surface area contributed by atoms with Crippen LogP contribution in [0.5, 0.6) is 11.5 Å². The molecule has 0 radical (unpaired) electrons. The predicted octanol–water partition coefficient (Wildman–Crippen LogP) is 3.56. The predicted molar refractivity (Wildman–Crippen MR) is 108 cm³/mol. The molecular formula is C21H22N4O3. The van der Waals surface area contributed by atoms with Gasteiger partial charge in [-0.15, -0.1) is 0 Å². The first kappa shape index (κ1) is 19.2. The van der Waals surface area contributed by atoms with E-state index >= 15 is 0 Å². The van der Waals surface area contributed by atoms with Crippen LogP contribution in [-0.4, -0.2) is 36.0 Å². The minimum absolute atomic E-state index is 0.360. The summed E-state index contributed by atoms with van der Waals surface area (Å²) in [6, 6.07) is 15.0. The van der Waals surface area contributed by atoms with E-state index in [1.165, 1.54) is 0 Å². The summed E-state index contributed by atoms with van der Waals surface area (Å²) in [6.07, 6.45) is 1.56. The minimum atomic E-state index is -0.360. The van der Waals surface area contributed by atoms with Gasteiger partial charge in [0, 0.05) is 11.1 Å². The molecule has 0 aliphatic rings. The van der Waals surface area contributed by atoms with Gasteiger partial charge in [0.1, 0.15) is 17.2 Å². The molecular weight excluding hydrogens is 356 g/mol. The van der Waals surface area contributed by atoms with Gasteiger partial charge in [-0.2, -0.15) is 10.2 Å². The summed E-state index contributed by atoms with van der Waals surface area (Å²) >= 11 is 0. The van der Waals surface area contributed by atoms with Crippen LogP contribution in [0.15, 0.2) is 53.6 Å². The van der Waals surface area contributed by atoms with E-state index in [9.17, 15) is 4.79 Å². The van der Waals surface area contributed by atoms with Crippen molar-refractivity contribution in [2.45, 2.75) is 13.8 Å². The Morgan fingerprint density at radius 1 is 1.21 bits per heavy atom. The summed E-state index contributed by atoms with van der Waals surface area (Å²) in [5.41, 5.74) is 6.06. The van der Waals surface area contributed by atoms with Crippen LogP contribution in [0.3, 0.4) is 0 Å². The normalized spacial score (nSPS) is 10.8. The molecule has 28 heavy (non-hydrogen) atoms. The van der Waals surface area contributed by atoms with E-state index in [-0.39, 0.29) is 5.91 Å². The van der Waals surface area contributed by atoms with Gasteiger partial charge < -0.3 is 9.47 Å². The third kappa shape index (κ3) is 4.37. The summed E-state index contributed by atoms with van der Waals surface area (Å²) in [6.45, 7) is 4.39. The summed E-state index contributed by atoms with van der Waals surface area (Å²) in [5.74, 6) is 1.16. The lowest BCUT2D eigenvalue weighted by Crippen LogP contribution is -2.19. The molecule has 1 amide bonds. The maximum Gasteiger partial charge on any atom is 0.289 e. The standard InChI is InChI=1S/C21H22N4O3/c1-4-28-17-10-8-16(9-11-17)19-14(2)20(24-23-19)21(26)25-22-13-15-6-5-7-18(12-15)27-3/h5-13H,4H2,1-3H3,(H,23,24)(H,25,26). The fraction of sp³-hybridized carbons (Fsp3) is 0.190. The molecule has 1 heterocycles. The van der Waals surface area contributed by atoms with Crippen molar-refractivity contribution in [1.82, 2.24) is 15.6 Å². The second kappa shape index (κ2) is 8.85. The Morgan fingerprint density at radius 3 is 2.71 bits per heavy atom. The van der Waals surface area contributed by atoms with Crippen LogP contribution in [0.4, 0.5) is 0 Å². The van der Waals surface area contributed by atoms with Crippen LogP contribution in [0.25, 0.3) is 11.3 Å². The fourth-order valence-corrected chi connectivity index (χ4v) is 2.72. The van der Waals surface area contributed by atoms with E-state index in [1.54, 1.807) is 13.3 Å². The molecule has 0 fully saturated rings. The van der Waals surface area contributed by atoms with Crippen molar-refractivity contribution in [3.8, 4) is 22.8 Å². The third-order valence-electron chi connectivity index (χ3n) is 4.15. The largest absolute Gasteiger partial charge is 0.497 e. The number of aromatic amines is 1. The van der Waals surface area contributed by atoms with Crippen molar-refractivity contribution in [3.05, 3.63) is 65.4 Å². The first-order valence-corrected chi connectivity index (χ1v) is 8.88. The van der Waals surface area contributed by atoms with Gasteiger partial charge in [-0.3, -0.25) is 9.89 Å². The highest BCUT2D eigenvalue weighted by Gasteiger charge is 2.16. The van der Waals surface area contributed by atoms with Crippen molar-refractivity contribution in [1.29, 1.82) is 0 Å². The SMILES string of the molecule is CCOc1ccc(-c2n[nH]c(C(=O)NN=Cc3cccc(OC)c3)c2C)cc1. The highest BCUT2D eigenvalue weighted by molar-refractivity contribution is 5.96. The van der Waals surface area contributed by atoms with E-state index < -0.39 is 0 Å². The van der Waals surface area contributed by atoms with Crippen LogP contribution >= 0.6 is 0 Å². The summed E-state index contributed by atoms with van der Waals surface area (Å²) in [4.78, 5) is 12.4. The van der Waals surface area contributed by atoms with Gasteiger partial charge in [0.05, 0.1) is 25.6 Å². The molecule has 2 N–H and O–H groups in total. The molecule has 0 spiro atoms. The molecule has 1 aromatic heterocycles. The molecule has 0 unspecified atom stereocenters. The molecule has 3 rings (SSSR count). The first-order valence-electron chi connectivity index (χ1n) is 8.88. The number of nitrogens with one attached hydrogen (secondary N) is 2. The van der Waals surface area contributed by atoms with Gasteiger partial charge in [0.15, 0.2) is 0 Å². The highest BCUT2D eigenvalue weighted by atomic mass is 16.5. The average Bonchev–Trinajstić information content (AvgIpc) is 3.10. The lowest BCUT2D eigenvalue weighted by atomic mass is 10.1. The van der Waals surface area contributed by atoms with Gasteiger partial charge in [-0.1, -0.05) is 12.1 Å². The van der Waals surface area contributed by atoms with Crippen molar-refractivity contribution in [2.75, 3.05) is 13.7 Å². The number of amides is 1. The number of ether oxygens (including phenoxy) is 2. The minimum Gasteiger partial charge on any atom is -0.497 e. The quantitative estimate of drug-likeness (QED) is 0.486. The van der Waals surface area contributed by atoms with Crippen molar-refractivity contribution >= 4 is 12.1 Å². The van der Waals surface area contributed by atoms with Gasteiger partial charge in [-0.05, 0) is 55.8 Å². The van der Waals surface area contributed by atoms with E-state index in [2.05, 4.69) is 20.7 Å². The summed E-state index contributed by atoms with van der Waals surface area (Å²) in [5, 5.41) is 11.1. The van der Waals surface area contributed by atoms with E-state index in [1.807, 2.05) is 62.4 Å². The zero-order valence-corrected chi connectivity index (χ0v) is 16.0. The van der Waals surface area contributed by atoms with Crippen LogP contribution in [-0.2, 0) is 0 Å². The molecule has 0 aliphatic carbocycles. The molecule has 0 bridgehead atoms. The van der Waals surface area contributed by atoms with Crippen LogP contribution < -0.4 is 14.9 Å². The molecule has 7 heteroatoms. The Labute approximate surface area is 163 Å². The van der Waals surface area contributed by atoms with Gasteiger partial charge >= 0.3 is 0 Å². The lowest BCUT2D eigenvalue weighted by Gasteiger charge is -2.04. The Hall–Kier alpha value is -3.61. The Morgan fingerprint density at radius 2 is 2.00 bits per heavy atom. The van der Waals surface area contributed by atoms with Crippen LogP contribution in [0.1, 0.15) is 28.5 Å². The molecule has 0 saturated carbocycles. The van der Waals surface area contributed by atoms with E-state index in [4.69, 9.17) is 9.47 Å². The molecule has 144 valence electrons. The first-order chi connectivity index (χ1) is 13.6. The topological polar surface area (TPSA) is 88.6 Å². The van der Waals surface area contributed by atoms with E-state index in [0.717, 1.165) is 28.2 Å². The Bertz CT molecular complexity index is 978. The number of carbonyl (C=O) groups excluding carboxylic acids is 1. The van der Waals surface area contributed by atoms with Crippen molar-refractivity contribution < 1.29 is 14.3 Å². The van der Waals surface area contributed by atoms with E-state index in [0.29, 0.717) is 18.0 Å². The van der Waals surface area contributed by atoms with Gasteiger partial charge in [0.2, 0.25) is 0 Å². The number of hydrogen-bond donors (Lipinski definition) is 2. The average molecular weight is 378 g/mol. The Balaban J connectivity index is 1.70. The zero-order valence-electron chi connectivity index (χ0n) is 16.0. The van der Waals surface area contributed by atoms with Gasteiger partial charge in [-0.25, -0.2) is 5.43 Å². The third-order valence-corrected chi connectivity index (χ3v) is 4.15. The number of hydrazone groups is 1. The number of hydrogen-bond acceptors (Lipinski definition) is 5. The maximum absolute atomic E-state index is 12.4. The second-order valence-electron chi connectivity index (χ2n) is 6.01. The van der Waals surface area contributed by atoms with Crippen LogP contribution in [0.2, 0.25) is 0 Å². The number of benzene rings is 2. The number of nitrogens with zero attached hydrogens (tertiary/aromatic N) is 2. The second-order valence-corrected chi connectivity index (χ2v) is 6.01. The highest BCUT2D eigenvalue weighted by Crippen LogP contribution is 2.25.